The van der Waals surface area contributed by atoms with E-state index in [4.69, 9.17) is 14.2 Å². The predicted molar refractivity (Wildman–Crippen MR) is 104 cm³/mol. The van der Waals surface area contributed by atoms with E-state index in [1.54, 1.807) is 19.1 Å². The van der Waals surface area contributed by atoms with Gasteiger partial charge in [-0.25, -0.2) is 4.79 Å². The van der Waals surface area contributed by atoms with Crippen LogP contribution in [0.1, 0.15) is 56.3 Å². The minimum atomic E-state index is -0.531. The zero-order valence-corrected chi connectivity index (χ0v) is 16.6. The fourth-order valence-corrected chi connectivity index (χ4v) is 5.44. The van der Waals surface area contributed by atoms with Crippen LogP contribution in [0.25, 0.3) is 0 Å². The van der Waals surface area contributed by atoms with E-state index in [0.29, 0.717) is 28.7 Å². The van der Waals surface area contributed by atoms with Gasteiger partial charge < -0.3 is 14.2 Å². The lowest BCUT2D eigenvalue weighted by Gasteiger charge is -2.53. The van der Waals surface area contributed by atoms with Crippen molar-refractivity contribution in [2.45, 2.75) is 52.1 Å². The second-order valence-corrected chi connectivity index (χ2v) is 8.74. The van der Waals surface area contributed by atoms with Crippen molar-refractivity contribution in [3.05, 3.63) is 35.9 Å². The maximum atomic E-state index is 11.8. The second-order valence-electron chi connectivity index (χ2n) is 8.74. The normalized spacial score (nSPS) is 30.1. The summed E-state index contributed by atoms with van der Waals surface area (Å²) in [6.45, 7) is 6.76. The molecule has 0 heterocycles. The van der Waals surface area contributed by atoms with Crippen LogP contribution < -0.4 is 9.47 Å². The Morgan fingerprint density at radius 3 is 2.14 bits per heavy atom. The number of ether oxygens (including phenoxy) is 3. The number of hydrogen-bond donors (Lipinski definition) is 0. The fourth-order valence-electron chi connectivity index (χ4n) is 5.44. The molecular formula is C23H28O5. The first-order valence-electron chi connectivity index (χ1n) is 10.2. The molecule has 4 aliphatic carbocycles. The Hall–Kier alpha value is -2.14. The number of Topliss-reactive ketones (excluding diaryl/α,β-unsaturated/α-hetero) is 1. The van der Waals surface area contributed by atoms with Crippen molar-refractivity contribution in [2.75, 3.05) is 6.79 Å². The molecule has 28 heavy (non-hydrogen) atoms. The van der Waals surface area contributed by atoms with Crippen LogP contribution >= 0.6 is 0 Å². The molecule has 5 heteroatoms. The highest BCUT2D eigenvalue weighted by molar-refractivity contribution is 5.95. The molecular weight excluding hydrogens is 356 g/mol. The molecule has 0 atom stereocenters. The van der Waals surface area contributed by atoms with Crippen molar-refractivity contribution < 1.29 is 23.8 Å². The van der Waals surface area contributed by atoms with Crippen molar-refractivity contribution >= 4 is 11.8 Å². The van der Waals surface area contributed by atoms with Crippen molar-refractivity contribution in [3.63, 3.8) is 0 Å². The average Bonchev–Trinajstić information content (AvgIpc) is 2.63. The van der Waals surface area contributed by atoms with Gasteiger partial charge in [-0.05, 0) is 81.8 Å². The number of carbonyl (C=O) groups is 2. The molecule has 5 rings (SSSR count). The lowest BCUT2D eigenvalue weighted by atomic mass is 9.55. The van der Waals surface area contributed by atoms with Crippen LogP contribution in [0.2, 0.25) is 0 Å². The lowest BCUT2D eigenvalue weighted by molar-refractivity contribution is -0.155. The summed E-state index contributed by atoms with van der Waals surface area (Å²) in [6.07, 6.45) is 6.86. The molecule has 4 fully saturated rings. The van der Waals surface area contributed by atoms with Crippen LogP contribution in [-0.2, 0) is 9.53 Å². The Morgan fingerprint density at radius 2 is 1.57 bits per heavy atom. The van der Waals surface area contributed by atoms with Crippen LogP contribution in [0.5, 0.6) is 11.5 Å². The molecule has 150 valence electrons. The molecule has 4 aliphatic rings. The van der Waals surface area contributed by atoms with Gasteiger partial charge in [-0.3, -0.25) is 4.79 Å². The van der Waals surface area contributed by atoms with Crippen molar-refractivity contribution in [2.24, 2.45) is 23.7 Å². The maximum Gasteiger partial charge on any atom is 0.338 e. The predicted octanol–water partition coefficient (Wildman–Crippen LogP) is 4.55. The van der Waals surface area contributed by atoms with Crippen LogP contribution in [-0.4, -0.2) is 24.6 Å². The molecule has 0 N–H and O–H groups in total. The van der Waals surface area contributed by atoms with E-state index in [1.165, 1.54) is 45.1 Å². The topological polar surface area (TPSA) is 61.8 Å². The van der Waals surface area contributed by atoms with Crippen LogP contribution in [0, 0.1) is 23.7 Å². The van der Waals surface area contributed by atoms with Crippen LogP contribution in [0.3, 0.4) is 0 Å². The average molecular weight is 384 g/mol. The van der Waals surface area contributed by atoms with Crippen molar-refractivity contribution in [1.82, 2.24) is 0 Å². The zero-order valence-electron chi connectivity index (χ0n) is 16.6. The molecule has 0 spiro atoms. The van der Waals surface area contributed by atoms with E-state index >= 15 is 0 Å². The molecule has 1 aromatic rings. The Kier molecular flexibility index (Phi) is 5.28. The Bertz CT molecular complexity index is 768. The number of hydrogen-bond acceptors (Lipinski definition) is 5. The highest BCUT2D eigenvalue weighted by Gasteiger charge is 2.48. The summed E-state index contributed by atoms with van der Waals surface area (Å²) in [7, 11) is 0. The van der Waals surface area contributed by atoms with E-state index < -0.39 is 5.97 Å². The smallest absolute Gasteiger partial charge is 0.338 e. The van der Waals surface area contributed by atoms with Gasteiger partial charge in [-0.2, -0.15) is 0 Å². The molecule has 0 radical (unpaired) electrons. The highest BCUT2D eigenvalue weighted by atomic mass is 16.7. The van der Waals surface area contributed by atoms with Gasteiger partial charge in [0, 0.05) is 17.2 Å². The molecule has 0 saturated heterocycles. The van der Waals surface area contributed by atoms with Crippen LogP contribution in [0.4, 0.5) is 0 Å². The van der Waals surface area contributed by atoms with Gasteiger partial charge in [0.15, 0.2) is 12.6 Å². The summed E-state index contributed by atoms with van der Waals surface area (Å²) in [4.78, 5) is 23.6. The number of esters is 1. The molecule has 1 aromatic carbocycles. The molecule has 4 saturated carbocycles. The van der Waals surface area contributed by atoms with Gasteiger partial charge in [0.05, 0.1) is 6.10 Å². The first kappa shape index (κ1) is 19.2. The van der Waals surface area contributed by atoms with E-state index in [0.717, 1.165) is 11.8 Å². The minimum Gasteiger partial charge on any atom is -0.467 e. The summed E-state index contributed by atoms with van der Waals surface area (Å²) >= 11 is 0. The summed E-state index contributed by atoms with van der Waals surface area (Å²) < 4.78 is 17.2. The summed E-state index contributed by atoms with van der Waals surface area (Å²) in [5, 5.41) is 0. The third-order valence-corrected chi connectivity index (χ3v) is 6.47. The number of benzene rings is 1. The van der Waals surface area contributed by atoms with Crippen molar-refractivity contribution in [1.29, 1.82) is 0 Å². The standard InChI is InChI=1S/C23H28O5/c1-13(2)23(25)28-21-10-17(14(3)24)9-20(11-21)26-12-27-22-18-5-15-4-16(7-18)8-19(22)6-15/h9-11,15-16,18-19,22H,1,4-8,12H2,2-3H3. The van der Waals surface area contributed by atoms with Gasteiger partial charge >= 0.3 is 5.97 Å². The molecule has 4 bridgehead atoms. The first-order chi connectivity index (χ1) is 13.4. The molecule has 0 amide bonds. The van der Waals surface area contributed by atoms with Crippen molar-refractivity contribution in [3.8, 4) is 11.5 Å². The van der Waals surface area contributed by atoms with E-state index in [-0.39, 0.29) is 24.4 Å². The van der Waals surface area contributed by atoms with Gasteiger partial charge in [0.2, 0.25) is 0 Å². The number of ketones is 1. The third-order valence-electron chi connectivity index (χ3n) is 6.47. The zero-order chi connectivity index (χ0) is 19.8. The molecule has 0 unspecified atom stereocenters. The number of carbonyl (C=O) groups excluding carboxylic acids is 2. The lowest BCUT2D eigenvalue weighted by Crippen LogP contribution is -2.49. The SMILES string of the molecule is C=C(C)C(=O)Oc1cc(OCOC2C3CC4CC(C3)CC2C4)cc(C(C)=O)c1. The summed E-state index contributed by atoms with van der Waals surface area (Å²) in [6, 6.07) is 4.79. The van der Waals surface area contributed by atoms with E-state index in [2.05, 4.69) is 6.58 Å². The van der Waals surface area contributed by atoms with Crippen LogP contribution in [0.15, 0.2) is 30.4 Å². The fraction of sp³-hybridized carbons (Fsp3) is 0.565. The van der Waals surface area contributed by atoms with E-state index in [1.807, 2.05) is 0 Å². The molecule has 0 aromatic heterocycles. The quantitative estimate of drug-likeness (QED) is 0.227. The Morgan fingerprint density at radius 1 is 0.964 bits per heavy atom. The van der Waals surface area contributed by atoms with Gasteiger partial charge in [0.25, 0.3) is 0 Å². The first-order valence-corrected chi connectivity index (χ1v) is 10.2. The molecule has 0 aliphatic heterocycles. The third kappa shape index (κ3) is 4.00. The maximum absolute atomic E-state index is 11.8. The minimum absolute atomic E-state index is 0.125. The van der Waals surface area contributed by atoms with Gasteiger partial charge in [-0.1, -0.05) is 6.58 Å². The van der Waals surface area contributed by atoms with E-state index in [9.17, 15) is 9.59 Å². The molecule has 5 nitrogen and oxygen atoms in total. The highest BCUT2D eigenvalue weighted by Crippen LogP contribution is 2.54. The number of rotatable bonds is 7. The van der Waals surface area contributed by atoms with Gasteiger partial charge in [-0.15, -0.1) is 0 Å². The Balaban J connectivity index is 1.40. The Labute approximate surface area is 166 Å². The second kappa shape index (κ2) is 7.70. The summed E-state index contributed by atoms with van der Waals surface area (Å²) in [5.74, 6) is 3.20. The summed E-state index contributed by atoms with van der Waals surface area (Å²) in [5.41, 5.74) is 0.720. The monoisotopic (exact) mass is 384 g/mol. The van der Waals surface area contributed by atoms with Gasteiger partial charge in [0.1, 0.15) is 11.5 Å². The largest absolute Gasteiger partial charge is 0.467 e.